The van der Waals surface area contributed by atoms with E-state index in [2.05, 4.69) is 5.16 Å². The third-order valence-corrected chi connectivity index (χ3v) is 3.29. The molecule has 0 spiro atoms. The molecule has 0 aliphatic heterocycles. The number of halogens is 2. The Hall–Kier alpha value is -3.22. The molecule has 0 saturated carbocycles. The second-order valence-electron chi connectivity index (χ2n) is 4.94. The third-order valence-electron chi connectivity index (χ3n) is 3.29. The molecule has 3 aromatic rings. The monoisotopic (exact) mass is 330 g/mol. The normalized spacial score (nSPS) is 10.6. The van der Waals surface area contributed by atoms with E-state index < -0.39 is 23.1 Å². The van der Waals surface area contributed by atoms with Gasteiger partial charge in [-0.3, -0.25) is 4.79 Å². The van der Waals surface area contributed by atoms with E-state index in [4.69, 9.17) is 15.0 Å². The van der Waals surface area contributed by atoms with Crippen LogP contribution in [0.4, 0.5) is 8.78 Å². The molecular weight excluding hydrogens is 318 g/mol. The van der Waals surface area contributed by atoms with E-state index >= 15 is 0 Å². The summed E-state index contributed by atoms with van der Waals surface area (Å²) in [7, 11) is 0. The molecule has 0 bridgehead atoms. The van der Waals surface area contributed by atoms with Gasteiger partial charge in [-0.05, 0) is 12.1 Å². The van der Waals surface area contributed by atoms with Crippen LogP contribution in [0.2, 0.25) is 0 Å². The molecule has 0 saturated heterocycles. The van der Waals surface area contributed by atoms with Gasteiger partial charge in [-0.25, -0.2) is 8.78 Å². The largest absolute Gasteiger partial charge is 0.484 e. The fourth-order valence-corrected chi connectivity index (χ4v) is 2.14. The van der Waals surface area contributed by atoms with Gasteiger partial charge in [0.2, 0.25) is 0 Å². The quantitative estimate of drug-likeness (QED) is 0.778. The molecule has 1 aromatic heterocycles. The maximum absolute atomic E-state index is 14.0. The number of hydrogen-bond donors (Lipinski definition) is 1. The first-order chi connectivity index (χ1) is 11.6. The molecule has 24 heavy (non-hydrogen) atoms. The molecule has 1 amide bonds. The number of aromatic nitrogens is 1. The first-order valence-electron chi connectivity index (χ1n) is 6.98. The summed E-state index contributed by atoms with van der Waals surface area (Å²) in [4.78, 5) is 11.1. The molecule has 0 unspecified atom stereocenters. The van der Waals surface area contributed by atoms with Crippen LogP contribution in [0.3, 0.4) is 0 Å². The van der Waals surface area contributed by atoms with Crippen molar-refractivity contribution < 1.29 is 22.8 Å². The van der Waals surface area contributed by atoms with Crippen LogP contribution in [0.15, 0.2) is 53.1 Å². The minimum atomic E-state index is -1.21. The Balaban J connectivity index is 1.76. The van der Waals surface area contributed by atoms with Crippen LogP contribution in [0.5, 0.6) is 5.75 Å². The summed E-state index contributed by atoms with van der Waals surface area (Å²) >= 11 is 0. The molecule has 0 atom stereocenters. The highest BCUT2D eigenvalue weighted by molar-refractivity contribution is 5.93. The highest BCUT2D eigenvalue weighted by atomic mass is 19.1. The van der Waals surface area contributed by atoms with Crippen molar-refractivity contribution in [1.29, 1.82) is 0 Å². The molecule has 1 heterocycles. The van der Waals surface area contributed by atoms with Crippen molar-refractivity contribution in [2.45, 2.75) is 6.61 Å². The van der Waals surface area contributed by atoms with Gasteiger partial charge in [0, 0.05) is 11.6 Å². The van der Waals surface area contributed by atoms with E-state index in [1.54, 1.807) is 6.07 Å². The molecule has 2 N–H and O–H groups in total. The van der Waals surface area contributed by atoms with Crippen molar-refractivity contribution in [3.8, 4) is 17.1 Å². The summed E-state index contributed by atoms with van der Waals surface area (Å²) in [6.07, 6.45) is 0. The number of carbonyl (C=O) groups excluding carboxylic acids is 1. The lowest BCUT2D eigenvalue weighted by atomic mass is 10.1. The van der Waals surface area contributed by atoms with Gasteiger partial charge in [0.15, 0.2) is 17.3 Å². The van der Waals surface area contributed by atoms with Gasteiger partial charge in [-0.1, -0.05) is 35.5 Å². The van der Waals surface area contributed by atoms with Gasteiger partial charge in [0.05, 0.1) is 0 Å². The Morgan fingerprint density at radius 2 is 1.92 bits per heavy atom. The van der Waals surface area contributed by atoms with Gasteiger partial charge in [0.1, 0.15) is 23.7 Å². The van der Waals surface area contributed by atoms with Gasteiger partial charge in [-0.15, -0.1) is 0 Å². The maximum atomic E-state index is 14.0. The fraction of sp³-hybridized carbons (Fsp3) is 0.0588. The number of primary amides is 1. The lowest BCUT2D eigenvalue weighted by molar-refractivity contribution is 0.0991. The van der Waals surface area contributed by atoms with Crippen molar-refractivity contribution >= 4 is 5.91 Å². The van der Waals surface area contributed by atoms with Crippen LogP contribution >= 0.6 is 0 Å². The van der Waals surface area contributed by atoms with E-state index in [9.17, 15) is 13.6 Å². The summed E-state index contributed by atoms with van der Waals surface area (Å²) in [5.74, 6) is -3.15. The minimum absolute atomic E-state index is 0.114. The molecule has 0 radical (unpaired) electrons. The van der Waals surface area contributed by atoms with Gasteiger partial charge >= 0.3 is 0 Å². The maximum Gasteiger partial charge on any atom is 0.254 e. The van der Waals surface area contributed by atoms with Gasteiger partial charge < -0.3 is 15.0 Å². The minimum Gasteiger partial charge on any atom is -0.484 e. The Labute approximate surface area is 135 Å². The van der Waals surface area contributed by atoms with Crippen molar-refractivity contribution in [2.24, 2.45) is 5.73 Å². The molecule has 122 valence electrons. The molecule has 7 heteroatoms. The van der Waals surface area contributed by atoms with Crippen LogP contribution in [-0.4, -0.2) is 11.1 Å². The van der Waals surface area contributed by atoms with Gasteiger partial charge in [-0.2, -0.15) is 0 Å². The van der Waals surface area contributed by atoms with Crippen molar-refractivity contribution in [1.82, 2.24) is 5.16 Å². The molecular formula is C17H12F2N2O3. The van der Waals surface area contributed by atoms with Crippen molar-refractivity contribution in [2.75, 3.05) is 0 Å². The van der Waals surface area contributed by atoms with E-state index in [1.807, 2.05) is 30.3 Å². The molecule has 0 fully saturated rings. The van der Waals surface area contributed by atoms with E-state index in [0.717, 1.165) is 17.7 Å². The second-order valence-corrected chi connectivity index (χ2v) is 4.94. The SMILES string of the molecule is NC(=O)c1c(F)ccc(OCc2cc(-c3ccccc3)on2)c1F. The Morgan fingerprint density at radius 3 is 2.62 bits per heavy atom. The highest BCUT2D eigenvalue weighted by Gasteiger charge is 2.19. The smallest absolute Gasteiger partial charge is 0.254 e. The number of carbonyl (C=O) groups is 1. The molecule has 0 aliphatic rings. The van der Waals surface area contributed by atoms with E-state index in [-0.39, 0.29) is 12.4 Å². The second kappa shape index (κ2) is 6.49. The number of nitrogens with two attached hydrogens (primary N) is 1. The third kappa shape index (κ3) is 3.10. The molecule has 5 nitrogen and oxygen atoms in total. The zero-order valence-electron chi connectivity index (χ0n) is 12.3. The van der Waals surface area contributed by atoms with Crippen LogP contribution in [0.1, 0.15) is 16.1 Å². The summed E-state index contributed by atoms with van der Waals surface area (Å²) in [5, 5.41) is 3.82. The van der Waals surface area contributed by atoms with Crippen LogP contribution in [0, 0.1) is 11.6 Å². The predicted octanol–water partition coefficient (Wildman–Crippen LogP) is 3.30. The average molecular weight is 330 g/mol. The zero-order chi connectivity index (χ0) is 17.1. The van der Waals surface area contributed by atoms with Crippen LogP contribution < -0.4 is 10.5 Å². The molecule has 0 aliphatic carbocycles. The standard InChI is InChI=1S/C17H12F2N2O3/c18-12-6-7-13(16(19)15(12)17(20)22)23-9-11-8-14(24-21-11)10-4-2-1-3-5-10/h1-8H,9H2,(H2,20,22). The number of nitrogens with zero attached hydrogens (tertiary/aromatic N) is 1. The van der Waals surface area contributed by atoms with Crippen LogP contribution in [0.25, 0.3) is 11.3 Å². The van der Waals surface area contributed by atoms with E-state index in [1.165, 1.54) is 0 Å². The summed E-state index contributed by atoms with van der Waals surface area (Å²) in [6.45, 7) is -0.114. The van der Waals surface area contributed by atoms with E-state index in [0.29, 0.717) is 11.5 Å². The number of rotatable bonds is 5. The molecule has 2 aromatic carbocycles. The Morgan fingerprint density at radius 1 is 1.17 bits per heavy atom. The summed E-state index contributed by atoms with van der Waals surface area (Å²) in [6, 6.07) is 12.9. The Kier molecular flexibility index (Phi) is 4.24. The van der Waals surface area contributed by atoms with Crippen LogP contribution in [-0.2, 0) is 6.61 Å². The first kappa shape index (κ1) is 15.7. The number of ether oxygens (including phenoxy) is 1. The zero-order valence-corrected chi connectivity index (χ0v) is 12.3. The number of hydrogen-bond acceptors (Lipinski definition) is 4. The lowest BCUT2D eigenvalue weighted by Crippen LogP contribution is -2.16. The summed E-state index contributed by atoms with van der Waals surface area (Å²) in [5.41, 5.74) is 5.37. The van der Waals surface area contributed by atoms with Gasteiger partial charge in [0.25, 0.3) is 5.91 Å². The topological polar surface area (TPSA) is 78.4 Å². The van der Waals surface area contributed by atoms with Crippen molar-refractivity contribution in [3.05, 3.63) is 71.4 Å². The number of benzene rings is 2. The van der Waals surface area contributed by atoms with Crippen molar-refractivity contribution in [3.63, 3.8) is 0 Å². The fourth-order valence-electron chi connectivity index (χ4n) is 2.14. The highest BCUT2D eigenvalue weighted by Crippen LogP contribution is 2.25. The number of amides is 1. The molecule has 3 rings (SSSR count). The predicted molar refractivity (Wildman–Crippen MR) is 81.1 cm³/mol. The Bertz CT molecular complexity index is 879. The average Bonchev–Trinajstić information content (AvgIpc) is 3.04. The summed E-state index contributed by atoms with van der Waals surface area (Å²) < 4.78 is 37.9. The first-order valence-corrected chi connectivity index (χ1v) is 6.98. The lowest BCUT2D eigenvalue weighted by Gasteiger charge is -2.08.